The van der Waals surface area contributed by atoms with Gasteiger partial charge < -0.3 is 10.2 Å². The molecule has 1 N–H and O–H groups in total. The van der Waals surface area contributed by atoms with Gasteiger partial charge in [-0.3, -0.25) is 24.4 Å². The molecule has 3 heterocycles. The van der Waals surface area contributed by atoms with E-state index in [9.17, 15) is 18.8 Å². The average molecular weight is 515 g/mol. The van der Waals surface area contributed by atoms with Gasteiger partial charge in [0.05, 0.1) is 23.0 Å². The predicted octanol–water partition coefficient (Wildman–Crippen LogP) is 4.90. The summed E-state index contributed by atoms with van der Waals surface area (Å²) in [5, 5.41) is 3.11. The summed E-state index contributed by atoms with van der Waals surface area (Å²) in [6.07, 6.45) is 3.85. The maximum absolute atomic E-state index is 14.8. The van der Waals surface area contributed by atoms with Gasteiger partial charge in [0.1, 0.15) is 12.1 Å². The summed E-state index contributed by atoms with van der Waals surface area (Å²) in [6, 6.07) is 17.1. The maximum atomic E-state index is 14.8. The molecule has 0 bridgehead atoms. The number of pyridine rings is 2. The van der Waals surface area contributed by atoms with Crippen LogP contribution in [0.2, 0.25) is 5.02 Å². The van der Waals surface area contributed by atoms with Crippen molar-refractivity contribution in [3.05, 3.63) is 125 Å². The molecule has 9 heteroatoms. The Labute approximate surface area is 216 Å². The number of amides is 2. The van der Waals surface area contributed by atoms with E-state index in [0.717, 1.165) is 6.20 Å². The smallest absolute Gasteiger partial charge is 0.257 e. The summed E-state index contributed by atoms with van der Waals surface area (Å²) in [5.74, 6) is -2.61. The number of rotatable bonds is 6. The van der Waals surface area contributed by atoms with Gasteiger partial charge in [0, 0.05) is 29.5 Å². The minimum Gasteiger partial charge on any atom is -0.323 e. The third-order valence-corrected chi connectivity index (χ3v) is 6.39. The van der Waals surface area contributed by atoms with Gasteiger partial charge >= 0.3 is 0 Å². The molecule has 0 fully saturated rings. The van der Waals surface area contributed by atoms with Crippen LogP contribution in [0, 0.1) is 5.82 Å². The normalized spacial score (nSPS) is 15.9. The molecular weight excluding hydrogens is 495 g/mol. The van der Waals surface area contributed by atoms with Crippen LogP contribution >= 0.6 is 11.6 Å². The molecule has 2 atom stereocenters. The third kappa shape index (κ3) is 4.83. The molecule has 0 saturated carbocycles. The molecule has 2 amide bonds. The Balaban J connectivity index is 1.72. The van der Waals surface area contributed by atoms with E-state index in [4.69, 9.17) is 11.6 Å². The van der Waals surface area contributed by atoms with Crippen LogP contribution in [0.5, 0.6) is 0 Å². The van der Waals surface area contributed by atoms with Crippen molar-refractivity contribution >= 4 is 34.9 Å². The summed E-state index contributed by atoms with van der Waals surface area (Å²) in [6.45, 7) is 0. The highest BCUT2D eigenvalue weighted by atomic mass is 35.5. The number of nitrogens with zero attached hydrogens (tertiary/aromatic N) is 3. The van der Waals surface area contributed by atoms with Crippen LogP contribution in [-0.2, 0) is 11.2 Å². The second kappa shape index (κ2) is 10.3. The maximum Gasteiger partial charge on any atom is 0.257 e. The Kier molecular flexibility index (Phi) is 6.74. The molecule has 0 aliphatic carbocycles. The Bertz CT molecular complexity index is 1480. The van der Waals surface area contributed by atoms with Gasteiger partial charge in [-0.15, -0.1) is 0 Å². The number of ketones is 1. The highest BCUT2D eigenvalue weighted by Crippen LogP contribution is 2.35. The molecular formula is C28H20ClFN4O3. The molecule has 0 saturated heterocycles. The number of carbonyl (C=O) groups excluding carboxylic acids is 3. The van der Waals surface area contributed by atoms with Gasteiger partial charge in [0.15, 0.2) is 11.6 Å². The molecule has 184 valence electrons. The van der Waals surface area contributed by atoms with Crippen LogP contribution in [-0.4, -0.2) is 38.5 Å². The SMILES string of the molecule is O=C(c1ccncc1F)C(c1ccccc1)N1C(=O)c2ccc(Cl)cc2NC(=O)[C@H]1Cc1ccccn1. The first-order chi connectivity index (χ1) is 17.9. The van der Waals surface area contributed by atoms with Crippen molar-refractivity contribution in [2.24, 2.45) is 0 Å². The van der Waals surface area contributed by atoms with E-state index in [1.165, 1.54) is 35.4 Å². The van der Waals surface area contributed by atoms with Crippen LogP contribution in [0.1, 0.15) is 38.0 Å². The lowest BCUT2D eigenvalue weighted by atomic mass is 9.93. The van der Waals surface area contributed by atoms with Crippen LogP contribution in [0.4, 0.5) is 10.1 Å². The molecule has 2 aromatic carbocycles. The van der Waals surface area contributed by atoms with Gasteiger partial charge in [0.2, 0.25) is 5.91 Å². The van der Waals surface area contributed by atoms with Crippen molar-refractivity contribution in [2.75, 3.05) is 5.32 Å². The van der Waals surface area contributed by atoms with Gasteiger partial charge in [-0.05, 0) is 42.0 Å². The fourth-order valence-electron chi connectivity index (χ4n) is 4.43. The van der Waals surface area contributed by atoms with Crippen molar-refractivity contribution in [3.8, 4) is 0 Å². The summed E-state index contributed by atoms with van der Waals surface area (Å²) >= 11 is 6.15. The van der Waals surface area contributed by atoms with Crippen molar-refractivity contribution in [1.29, 1.82) is 0 Å². The number of benzene rings is 2. The molecule has 0 spiro atoms. The Morgan fingerprint density at radius 2 is 1.81 bits per heavy atom. The van der Waals surface area contributed by atoms with E-state index in [1.54, 1.807) is 54.7 Å². The lowest BCUT2D eigenvalue weighted by molar-refractivity contribution is -0.120. The van der Waals surface area contributed by atoms with Crippen molar-refractivity contribution in [1.82, 2.24) is 14.9 Å². The number of halogens is 2. The van der Waals surface area contributed by atoms with E-state index < -0.39 is 35.5 Å². The molecule has 1 unspecified atom stereocenters. The van der Waals surface area contributed by atoms with E-state index in [2.05, 4.69) is 15.3 Å². The number of hydrogen-bond acceptors (Lipinski definition) is 5. The zero-order chi connectivity index (χ0) is 25.9. The lowest BCUT2D eigenvalue weighted by Crippen LogP contribution is -2.50. The second-order valence-corrected chi connectivity index (χ2v) is 8.90. The zero-order valence-corrected chi connectivity index (χ0v) is 20.1. The Morgan fingerprint density at radius 1 is 1.03 bits per heavy atom. The number of fused-ring (bicyclic) bond motifs is 1. The summed E-state index contributed by atoms with van der Waals surface area (Å²) in [5.41, 5.74) is 1.11. The quantitative estimate of drug-likeness (QED) is 0.369. The van der Waals surface area contributed by atoms with Crippen molar-refractivity contribution in [2.45, 2.75) is 18.5 Å². The second-order valence-electron chi connectivity index (χ2n) is 8.47. The van der Waals surface area contributed by atoms with Gasteiger partial charge in [-0.1, -0.05) is 48.0 Å². The topological polar surface area (TPSA) is 92.3 Å². The van der Waals surface area contributed by atoms with Crippen LogP contribution in [0.25, 0.3) is 0 Å². The molecule has 1 aliphatic heterocycles. The number of nitrogens with one attached hydrogen (secondary N) is 1. The fourth-order valence-corrected chi connectivity index (χ4v) is 4.60. The van der Waals surface area contributed by atoms with E-state index in [0.29, 0.717) is 16.3 Å². The molecule has 37 heavy (non-hydrogen) atoms. The van der Waals surface area contributed by atoms with Crippen molar-refractivity contribution in [3.63, 3.8) is 0 Å². The first kappa shape index (κ1) is 24.3. The minimum absolute atomic E-state index is 0.0234. The Hall–Kier alpha value is -4.43. The summed E-state index contributed by atoms with van der Waals surface area (Å²) < 4.78 is 14.8. The molecule has 4 aromatic rings. The number of aromatic nitrogens is 2. The van der Waals surface area contributed by atoms with Crippen LogP contribution in [0.15, 0.2) is 91.4 Å². The zero-order valence-electron chi connectivity index (χ0n) is 19.3. The van der Waals surface area contributed by atoms with E-state index in [1.807, 2.05) is 0 Å². The van der Waals surface area contributed by atoms with Gasteiger partial charge in [0.25, 0.3) is 5.91 Å². The molecule has 2 aromatic heterocycles. The summed E-state index contributed by atoms with van der Waals surface area (Å²) in [4.78, 5) is 51.0. The van der Waals surface area contributed by atoms with Gasteiger partial charge in [-0.2, -0.15) is 0 Å². The van der Waals surface area contributed by atoms with Crippen molar-refractivity contribution < 1.29 is 18.8 Å². The monoisotopic (exact) mass is 514 g/mol. The van der Waals surface area contributed by atoms with Gasteiger partial charge in [-0.25, -0.2) is 4.39 Å². The molecule has 7 nitrogen and oxygen atoms in total. The largest absolute Gasteiger partial charge is 0.323 e. The highest BCUT2D eigenvalue weighted by Gasteiger charge is 2.43. The summed E-state index contributed by atoms with van der Waals surface area (Å²) in [7, 11) is 0. The number of anilines is 1. The first-order valence-electron chi connectivity index (χ1n) is 11.5. The average Bonchev–Trinajstić information content (AvgIpc) is 3.00. The van der Waals surface area contributed by atoms with E-state index in [-0.39, 0.29) is 23.2 Å². The molecule has 0 radical (unpaired) electrons. The Morgan fingerprint density at radius 3 is 2.54 bits per heavy atom. The van der Waals surface area contributed by atoms with Crippen LogP contribution in [0.3, 0.4) is 0 Å². The highest BCUT2D eigenvalue weighted by molar-refractivity contribution is 6.31. The standard InChI is InChI=1S/C28H20ClFN4O3/c29-18-9-10-21-23(14-18)33-27(36)24(15-19-8-4-5-12-32-19)34(28(21)37)25(17-6-2-1-3-7-17)26(35)20-11-13-31-16-22(20)30/h1-14,16,24-25H,15H2,(H,33,36)/t24-,25?/m1/s1. The van der Waals surface area contributed by atoms with Crippen LogP contribution < -0.4 is 5.32 Å². The van der Waals surface area contributed by atoms with E-state index >= 15 is 0 Å². The lowest BCUT2D eigenvalue weighted by Gasteiger charge is -2.35. The predicted molar refractivity (Wildman–Crippen MR) is 136 cm³/mol. The number of hydrogen-bond donors (Lipinski definition) is 1. The minimum atomic E-state index is -1.31. The number of carbonyl (C=O) groups is 3. The molecule has 1 aliphatic rings. The fraction of sp³-hybridized carbons (Fsp3) is 0.107. The number of Topliss-reactive ketones (excluding diaryl/α,β-unsaturated/α-hetero) is 1. The molecule has 5 rings (SSSR count). The third-order valence-electron chi connectivity index (χ3n) is 6.15. The first-order valence-corrected chi connectivity index (χ1v) is 11.8.